The van der Waals surface area contributed by atoms with Crippen molar-refractivity contribution in [1.82, 2.24) is 9.78 Å². The number of aromatic nitrogens is 2. The molecule has 0 aliphatic carbocycles. The molecule has 0 unspecified atom stereocenters. The predicted octanol–water partition coefficient (Wildman–Crippen LogP) is 1.87. The number of aryl methyl sites for hydroxylation is 2. The number of benzene rings is 1. The van der Waals surface area contributed by atoms with E-state index in [2.05, 4.69) is 11.2 Å². The van der Waals surface area contributed by atoms with Crippen LogP contribution >= 0.6 is 0 Å². The molecule has 0 saturated heterocycles. The molecule has 1 heterocycles. The summed E-state index contributed by atoms with van der Waals surface area (Å²) in [6, 6.07) is 11.3. The molecule has 0 aliphatic rings. The highest BCUT2D eigenvalue weighted by Crippen LogP contribution is 2.22. The molecule has 2 aromatic rings. The van der Waals surface area contributed by atoms with Crippen LogP contribution < -0.4 is 10.6 Å². The Bertz CT molecular complexity index is 684. The van der Waals surface area contributed by atoms with Crippen molar-refractivity contribution >= 4 is 17.3 Å². The first kappa shape index (κ1) is 14.6. The maximum Gasteiger partial charge on any atom is 0.278 e. The summed E-state index contributed by atoms with van der Waals surface area (Å²) in [7, 11) is 1.68. The fraction of sp³-hybridized carbons (Fsp3) is 0.267. The largest absolute Gasteiger partial charge is 0.395 e. The van der Waals surface area contributed by atoms with Gasteiger partial charge in [0.05, 0.1) is 23.9 Å². The van der Waals surface area contributed by atoms with Crippen molar-refractivity contribution in [2.45, 2.75) is 13.3 Å². The molecule has 0 fully saturated rings. The number of nitrogen functional groups attached to an aromatic ring is 1. The number of carbonyl (C=O) groups excluding carboxylic acids is 1. The minimum absolute atomic E-state index is 0.247. The highest BCUT2D eigenvalue weighted by atomic mass is 16.2. The van der Waals surface area contributed by atoms with E-state index in [1.165, 1.54) is 4.68 Å². The summed E-state index contributed by atoms with van der Waals surface area (Å²) in [6.45, 7) is 2.07. The molecule has 2 N–H and O–H groups in total. The van der Waals surface area contributed by atoms with Crippen LogP contribution in [-0.4, -0.2) is 22.2 Å². The van der Waals surface area contributed by atoms with E-state index in [0.29, 0.717) is 23.6 Å². The van der Waals surface area contributed by atoms with Crippen LogP contribution in [0.3, 0.4) is 0 Å². The lowest BCUT2D eigenvalue weighted by molar-refractivity contribution is 0.0979. The van der Waals surface area contributed by atoms with Gasteiger partial charge in [-0.05, 0) is 19.1 Å². The van der Waals surface area contributed by atoms with Gasteiger partial charge in [-0.2, -0.15) is 10.4 Å². The minimum Gasteiger partial charge on any atom is -0.395 e. The summed E-state index contributed by atoms with van der Waals surface area (Å²) in [5.41, 5.74) is 8.02. The van der Waals surface area contributed by atoms with E-state index in [1.54, 1.807) is 18.9 Å². The maximum atomic E-state index is 12.8. The Morgan fingerprint density at radius 1 is 1.43 bits per heavy atom. The van der Waals surface area contributed by atoms with Crippen LogP contribution in [0.1, 0.15) is 22.6 Å². The van der Waals surface area contributed by atoms with Gasteiger partial charge in [-0.15, -0.1) is 0 Å². The molecule has 1 aromatic heterocycles. The van der Waals surface area contributed by atoms with Crippen molar-refractivity contribution < 1.29 is 4.79 Å². The molecule has 1 amide bonds. The van der Waals surface area contributed by atoms with Crippen LogP contribution in [0.5, 0.6) is 0 Å². The number of hydrogen-bond acceptors (Lipinski definition) is 4. The Balaban J connectivity index is 2.42. The molecule has 21 heavy (non-hydrogen) atoms. The fourth-order valence-corrected chi connectivity index (χ4v) is 2.17. The predicted molar refractivity (Wildman–Crippen MR) is 80.7 cm³/mol. The topological polar surface area (TPSA) is 87.9 Å². The number of amides is 1. The van der Waals surface area contributed by atoms with E-state index in [9.17, 15) is 4.79 Å². The first-order valence-electron chi connectivity index (χ1n) is 6.59. The van der Waals surface area contributed by atoms with Gasteiger partial charge in [0.15, 0.2) is 0 Å². The normalized spacial score (nSPS) is 10.1. The van der Waals surface area contributed by atoms with Crippen LogP contribution in [0.2, 0.25) is 0 Å². The van der Waals surface area contributed by atoms with Crippen LogP contribution in [0.4, 0.5) is 11.4 Å². The van der Waals surface area contributed by atoms with Gasteiger partial charge >= 0.3 is 0 Å². The zero-order valence-corrected chi connectivity index (χ0v) is 12.1. The number of anilines is 2. The first-order valence-corrected chi connectivity index (χ1v) is 6.59. The lowest BCUT2D eigenvalue weighted by atomic mass is 10.2. The molecular weight excluding hydrogens is 266 g/mol. The Labute approximate surface area is 123 Å². The molecule has 0 saturated carbocycles. The summed E-state index contributed by atoms with van der Waals surface area (Å²) >= 11 is 0. The molecule has 0 spiro atoms. The van der Waals surface area contributed by atoms with Gasteiger partial charge in [0.2, 0.25) is 0 Å². The van der Waals surface area contributed by atoms with Crippen LogP contribution in [-0.2, 0) is 7.05 Å². The lowest BCUT2D eigenvalue weighted by Crippen LogP contribution is -2.33. The molecular formula is C15H17N5O. The third kappa shape index (κ3) is 2.87. The van der Waals surface area contributed by atoms with Gasteiger partial charge in [0, 0.05) is 19.3 Å². The summed E-state index contributed by atoms with van der Waals surface area (Å²) in [4.78, 5) is 14.3. The molecule has 6 heteroatoms. The van der Waals surface area contributed by atoms with Crippen LogP contribution in [0.25, 0.3) is 0 Å². The molecule has 2 rings (SSSR count). The van der Waals surface area contributed by atoms with Crippen molar-refractivity contribution in [1.29, 1.82) is 5.26 Å². The highest BCUT2D eigenvalue weighted by Gasteiger charge is 2.24. The van der Waals surface area contributed by atoms with Crippen LogP contribution in [0.15, 0.2) is 30.3 Å². The van der Waals surface area contributed by atoms with Crippen molar-refractivity contribution in [2.75, 3.05) is 17.2 Å². The van der Waals surface area contributed by atoms with Crippen molar-refractivity contribution in [2.24, 2.45) is 7.05 Å². The molecule has 0 aliphatic heterocycles. The average Bonchev–Trinajstić information content (AvgIpc) is 2.73. The van der Waals surface area contributed by atoms with Gasteiger partial charge in [-0.25, -0.2) is 0 Å². The zero-order valence-electron chi connectivity index (χ0n) is 12.1. The van der Waals surface area contributed by atoms with Gasteiger partial charge < -0.3 is 10.6 Å². The van der Waals surface area contributed by atoms with Crippen molar-refractivity contribution in [3.8, 4) is 6.07 Å². The van der Waals surface area contributed by atoms with Crippen molar-refractivity contribution in [3.05, 3.63) is 41.7 Å². The summed E-state index contributed by atoms with van der Waals surface area (Å²) in [5, 5.41) is 13.0. The SMILES string of the molecule is Cc1nn(C)c(C(=O)N(CCC#N)c2ccccc2)c1N. The summed E-state index contributed by atoms with van der Waals surface area (Å²) in [6.07, 6.45) is 0.247. The Morgan fingerprint density at radius 3 is 2.62 bits per heavy atom. The quantitative estimate of drug-likeness (QED) is 0.927. The van der Waals surface area contributed by atoms with Gasteiger partial charge in [-0.3, -0.25) is 9.48 Å². The van der Waals surface area contributed by atoms with E-state index in [1.807, 2.05) is 30.3 Å². The van der Waals surface area contributed by atoms with Gasteiger partial charge in [-0.1, -0.05) is 18.2 Å². The fourth-order valence-electron chi connectivity index (χ4n) is 2.17. The number of carbonyl (C=O) groups is 1. The van der Waals surface area contributed by atoms with E-state index in [-0.39, 0.29) is 12.3 Å². The third-order valence-electron chi connectivity index (χ3n) is 3.23. The second kappa shape index (κ2) is 6.09. The van der Waals surface area contributed by atoms with Gasteiger partial charge in [0.25, 0.3) is 5.91 Å². The van der Waals surface area contributed by atoms with E-state index in [4.69, 9.17) is 11.0 Å². The molecule has 1 aromatic carbocycles. The number of rotatable bonds is 4. The third-order valence-corrected chi connectivity index (χ3v) is 3.23. The first-order chi connectivity index (χ1) is 10.1. The zero-order chi connectivity index (χ0) is 15.4. The number of hydrogen-bond donors (Lipinski definition) is 1. The Morgan fingerprint density at radius 2 is 2.10 bits per heavy atom. The standard InChI is InChI=1S/C15H17N5O/c1-11-13(17)14(19(2)18-11)15(21)20(10-6-9-16)12-7-4-3-5-8-12/h3-5,7-8H,6,10,17H2,1-2H3. The lowest BCUT2D eigenvalue weighted by Gasteiger charge is -2.22. The number of nitriles is 1. The number of nitrogens with zero attached hydrogens (tertiary/aromatic N) is 4. The smallest absolute Gasteiger partial charge is 0.278 e. The van der Waals surface area contributed by atoms with E-state index in [0.717, 1.165) is 5.69 Å². The molecule has 6 nitrogen and oxygen atoms in total. The molecule has 0 radical (unpaired) electrons. The average molecular weight is 283 g/mol. The summed E-state index contributed by atoms with van der Waals surface area (Å²) in [5.74, 6) is -0.253. The van der Waals surface area contributed by atoms with Crippen molar-refractivity contribution in [3.63, 3.8) is 0 Å². The van der Waals surface area contributed by atoms with E-state index < -0.39 is 0 Å². The second-order valence-corrected chi connectivity index (χ2v) is 4.67. The number of para-hydroxylation sites is 1. The maximum absolute atomic E-state index is 12.8. The van der Waals surface area contributed by atoms with E-state index >= 15 is 0 Å². The van der Waals surface area contributed by atoms with Gasteiger partial charge in [0.1, 0.15) is 5.69 Å². The Hall–Kier alpha value is -2.81. The minimum atomic E-state index is -0.253. The highest BCUT2D eigenvalue weighted by molar-refractivity contribution is 6.08. The summed E-state index contributed by atoms with van der Waals surface area (Å²) < 4.78 is 1.48. The second-order valence-electron chi connectivity index (χ2n) is 4.67. The Kier molecular flexibility index (Phi) is 4.24. The molecule has 0 atom stereocenters. The molecule has 108 valence electrons. The van der Waals surface area contributed by atoms with Crippen LogP contribution in [0, 0.1) is 18.3 Å². The monoisotopic (exact) mass is 283 g/mol. The number of nitrogens with two attached hydrogens (primary N) is 1. The molecule has 0 bridgehead atoms.